The smallest absolute Gasteiger partial charge is 0.389 e. The van der Waals surface area contributed by atoms with Gasteiger partial charge >= 0.3 is 7.82 Å². The molecule has 11 heteroatoms. The van der Waals surface area contributed by atoms with E-state index >= 15 is 0 Å². The topological polar surface area (TPSA) is 106 Å². The average molecular weight is 446 g/mol. The maximum Gasteiger partial charge on any atom is 0.476 e. The molecule has 3 N–H and O–H groups in total. The van der Waals surface area contributed by atoms with E-state index < -0.39 is 27.0 Å². The van der Waals surface area contributed by atoms with Crippen LogP contribution in [0.4, 0.5) is 0 Å². The van der Waals surface area contributed by atoms with Gasteiger partial charge in [0, 0.05) is 25.8 Å². The van der Waals surface area contributed by atoms with Crippen molar-refractivity contribution in [2.24, 2.45) is 0 Å². The van der Waals surface area contributed by atoms with Gasteiger partial charge in [0.1, 0.15) is 0 Å². The number of benzene rings is 1. The molecule has 0 heterocycles. The van der Waals surface area contributed by atoms with Gasteiger partial charge in [-0.25, -0.2) is 9.09 Å². The van der Waals surface area contributed by atoms with Crippen molar-refractivity contribution in [1.29, 1.82) is 0 Å². The van der Waals surface area contributed by atoms with Gasteiger partial charge in [-0.2, -0.15) is 0 Å². The minimum absolute atomic E-state index is 0.113. The van der Waals surface area contributed by atoms with Crippen LogP contribution in [0.25, 0.3) is 0 Å². The third-order valence-corrected chi connectivity index (χ3v) is 5.01. The van der Waals surface area contributed by atoms with Crippen LogP contribution in [0.5, 0.6) is 0 Å². The van der Waals surface area contributed by atoms with Gasteiger partial charge in [-0.15, -0.1) is 0 Å². The third kappa shape index (κ3) is 9.67. The SMILES string of the molecule is CCOC(OCC)OP(=O)(O)OC[C@@H](O)CNC(C)c1ccc(Cl)c(Cl)c1. The number of rotatable bonds is 13. The fraction of sp³-hybridized carbons (Fsp3) is 0.625. The molecule has 1 aromatic rings. The second-order valence-corrected chi connectivity index (χ2v) is 7.75. The van der Waals surface area contributed by atoms with Gasteiger partial charge < -0.3 is 24.8 Å². The highest BCUT2D eigenvalue weighted by atomic mass is 35.5. The van der Waals surface area contributed by atoms with Crippen molar-refractivity contribution in [1.82, 2.24) is 5.32 Å². The molecule has 0 aromatic heterocycles. The van der Waals surface area contributed by atoms with E-state index in [2.05, 4.69) is 5.32 Å². The largest absolute Gasteiger partial charge is 0.476 e. The zero-order chi connectivity index (χ0) is 20.4. The molecule has 1 aromatic carbocycles. The van der Waals surface area contributed by atoms with Crippen molar-refractivity contribution in [3.8, 4) is 0 Å². The van der Waals surface area contributed by atoms with Crippen molar-refractivity contribution >= 4 is 31.0 Å². The summed E-state index contributed by atoms with van der Waals surface area (Å²) in [6, 6.07) is 5.09. The molecular weight excluding hydrogens is 420 g/mol. The summed E-state index contributed by atoms with van der Waals surface area (Å²) >= 11 is 11.9. The Balaban J connectivity index is 2.43. The van der Waals surface area contributed by atoms with Gasteiger partial charge in [-0.05, 0) is 38.5 Å². The third-order valence-electron chi connectivity index (χ3n) is 3.36. The van der Waals surface area contributed by atoms with Crippen molar-refractivity contribution in [3.63, 3.8) is 0 Å². The van der Waals surface area contributed by atoms with E-state index in [4.69, 9.17) is 41.7 Å². The highest BCUT2D eigenvalue weighted by molar-refractivity contribution is 7.47. The Kier molecular flexibility index (Phi) is 11.3. The number of aliphatic hydroxyl groups is 1. The van der Waals surface area contributed by atoms with Crippen molar-refractivity contribution in [2.75, 3.05) is 26.4 Å². The van der Waals surface area contributed by atoms with Gasteiger partial charge in [0.2, 0.25) is 0 Å². The summed E-state index contributed by atoms with van der Waals surface area (Å²) < 4.78 is 31.5. The number of nitrogens with one attached hydrogen (secondary N) is 1. The van der Waals surface area contributed by atoms with Crippen molar-refractivity contribution in [2.45, 2.75) is 39.4 Å². The van der Waals surface area contributed by atoms with Gasteiger partial charge in [-0.3, -0.25) is 4.52 Å². The molecule has 0 spiro atoms. The summed E-state index contributed by atoms with van der Waals surface area (Å²) in [6.07, 6.45) is -1.04. The Morgan fingerprint density at radius 2 is 1.81 bits per heavy atom. The molecule has 8 nitrogen and oxygen atoms in total. The lowest BCUT2D eigenvalue weighted by atomic mass is 10.1. The molecule has 0 saturated heterocycles. The van der Waals surface area contributed by atoms with Crippen LogP contribution in [0.3, 0.4) is 0 Å². The predicted molar refractivity (Wildman–Crippen MR) is 103 cm³/mol. The Morgan fingerprint density at radius 3 is 2.37 bits per heavy atom. The summed E-state index contributed by atoms with van der Waals surface area (Å²) in [6.45, 7) is 4.07. The molecule has 1 rings (SSSR count). The molecule has 0 bridgehead atoms. The van der Waals surface area contributed by atoms with Crippen LogP contribution >= 0.6 is 31.0 Å². The van der Waals surface area contributed by atoms with Gasteiger partial charge in [-0.1, -0.05) is 29.3 Å². The molecule has 0 radical (unpaired) electrons. The number of hydrogen-bond acceptors (Lipinski definition) is 7. The Bertz CT molecular complexity index is 616. The lowest BCUT2D eigenvalue weighted by molar-refractivity contribution is -0.250. The fourth-order valence-electron chi connectivity index (χ4n) is 1.97. The standard InChI is InChI=1S/C16H26Cl2NO7P/c1-4-23-16(24-5-2)26-27(21,22)25-10-13(20)9-19-11(3)12-6-7-14(17)15(18)8-12/h6-8,11,13,16,19-20H,4-5,9-10H2,1-3H3,(H,21,22)/t11?,13-/m0/s1. The first-order chi connectivity index (χ1) is 12.7. The Hall–Kier alpha value is -0.250. The van der Waals surface area contributed by atoms with Gasteiger partial charge in [0.25, 0.3) is 6.48 Å². The Morgan fingerprint density at radius 1 is 1.19 bits per heavy atom. The molecule has 0 fully saturated rings. The first-order valence-corrected chi connectivity index (χ1v) is 10.7. The summed E-state index contributed by atoms with van der Waals surface area (Å²) in [5.41, 5.74) is 0.880. The lowest BCUT2D eigenvalue weighted by Gasteiger charge is -2.21. The van der Waals surface area contributed by atoms with E-state index in [1.807, 2.05) is 13.0 Å². The molecule has 2 unspecified atom stereocenters. The first-order valence-electron chi connectivity index (χ1n) is 8.43. The number of phosphoric ester groups is 1. The van der Waals surface area contributed by atoms with Crippen molar-refractivity contribution < 1.29 is 33.1 Å². The van der Waals surface area contributed by atoms with E-state index in [0.717, 1.165) is 5.56 Å². The van der Waals surface area contributed by atoms with E-state index in [-0.39, 0.29) is 25.8 Å². The van der Waals surface area contributed by atoms with E-state index in [1.54, 1.807) is 26.0 Å². The van der Waals surface area contributed by atoms with Gasteiger partial charge in [0.05, 0.1) is 22.8 Å². The molecule has 0 aliphatic rings. The summed E-state index contributed by atoms with van der Waals surface area (Å²) in [7, 11) is -4.45. The monoisotopic (exact) mass is 445 g/mol. The summed E-state index contributed by atoms with van der Waals surface area (Å²) in [5, 5.41) is 13.9. The maximum absolute atomic E-state index is 11.9. The molecule has 0 aliphatic carbocycles. The molecule has 156 valence electrons. The highest BCUT2D eigenvalue weighted by Gasteiger charge is 2.28. The number of ether oxygens (including phenoxy) is 2. The fourth-order valence-corrected chi connectivity index (χ4v) is 3.04. The molecule has 27 heavy (non-hydrogen) atoms. The van der Waals surface area contributed by atoms with Crippen molar-refractivity contribution in [3.05, 3.63) is 33.8 Å². The predicted octanol–water partition coefficient (Wildman–Crippen LogP) is 3.50. The first kappa shape index (κ1) is 24.8. The highest BCUT2D eigenvalue weighted by Crippen LogP contribution is 2.45. The number of phosphoric acid groups is 1. The second-order valence-electron chi connectivity index (χ2n) is 5.53. The van der Waals surface area contributed by atoms with E-state index in [0.29, 0.717) is 10.0 Å². The minimum atomic E-state index is -4.45. The van der Waals surface area contributed by atoms with Crippen LogP contribution in [-0.4, -0.2) is 48.9 Å². The second kappa shape index (κ2) is 12.3. The zero-order valence-electron chi connectivity index (χ0n) is 15.4. The van der Waals surface area contributed by atoms with Crippen LogP contribution in [-0.2, 0) is 23.1 Å². The summed E-state index contributed by atoms with van der Waals surface area (Å²) in [4.78, 5) is 9.69. The quantitative estimate of drug-likeness (QED) is 0.312. The van der Waals surface area contributed by atoms with E-state index in [1.165, 1.54) is 0 Å². The Labute approximate surface area is 169 Å². The molecular formula is C16H26Cl2NO7P. The van der Waals surface area contributed by atoms with Crippen LogP contribution < -0.4 is 5.32 Å². The van der Waals surface area contributed by atoms with Crippen LogP contribution in [0.15, 0.2) is 18.2 Å². The number of halogens is 2. The van der Waals surface area contributed by atoms with E-state index in [9.17, 15) is 14.6 Å². The minimum Gasteiger partial charge on any atom is -0.389 e. The van der Waals surface area contributed by atoms with Crippen LogP contribution in [0.1, 0.15) is 32.4 Å². The molecule has 3 atom stereocenters. The average Bonchev–Trinajstić information content (AvgIpc) is 2.60. The maximum atomic E-state index is 11.9. The number of hydrogen-bond donors (Lipinski definition) is 3. The lowest BCUT2D eigenvalue weighted by Crippen LogP contribution is -2.32. The number of aliphatic hydroxyl groups excluding tert-OH is 1. The summed E-state index contributed by atoms with van der Waals surface area (Å²) in [5.74, 6) is 0. The zero-order valence-corrected chi connectivity index (χ0v) is 17.8. The molecule has 0 saturated carbocycles. The van der Waals surface area contributed by atoms with Gasteiger partial charge in [0.15, 0.2) is 0 Å². The van der Waals surface area contributed by atoms with Crippen LogP contribution in [0.2, 0.25) is 10.0 Å². The molecule has 0 amide bonds. The van der Waals surface area contributed by atoms with Crippen LogP contribution in [0, 0.1) is 0 Å². The molecule has 0 aliphatic heterocycles. The normalized spacial score (nSPS) is 16.3.